The number of nitrogens with zero attached hydrogens (tertiary/aromatic N) is 2. The molecule has 26 heavy (non-hydrogen) atoms. The summed E-state index contributed by atoms with van der Waals surface area (Å²) in [4.78, 5) is 21.9. The van der Waals surface area contributed by atoms with E-state index in [1.807, 2.05) is 6.92 Å². The highest BCUT2D eigenvalue weighted by Gasteiger charge is 2.17. The lowest BCUT2D eigenvalue weighted by molar-refractivity contribution is -0.385. The van der Waals surface area contributed by atoms with Gasteiger partial charge in [0.15, 0.2) is 6.61 Å². The Bertz CT molecular complexity index is 888. The Morgan fingerprint density at radius 3 is 2.85 bits per heavy atom. The van der Waals surface area contributed by atoms with Gasteiger partial charge in [-0.3, -0.25) is 14.9 Å². The van der Waals surface area contributed by atoms with E-state index in [1.165, 1.54) is 6.07 Å². The molecule has 0 bridgehead atoms. The predicted molar refractivity (Wildman–Crippen MR) is 99.9 cm³/mol. The molecule has 0 atom stereocenters. The zero-order valence-electron chi connectivity index (χ0n) is 13.4. The number of ether oxygens (including phenoxy) is 1. The zero-order chi connectivity index (χ0) is 19.3. The summed E-state index contributed by atoms with van der Waals surface area (Å²) in [5.74, 6) is -0.617. The number of hydrogen-bond acceptors (Lipinski definition) is 6. The number of halogens is 2. The van der Waals surface area contributed by atoms with Crippen LogP contribution in [0.15, 0.2) is 39.9 Å². The lowest BCUT2D eigenvalue weighted by Crippen LogP contribution is -2.24. The van der Waals surface area contributed by atoms with Crippen LogP contribution in [0.25, 0.3) is 0 Å². The molecule has 1 amide bonds. The quantitative estimate of drug-likeness (QED) is 0.403. The van der Waals surface area contributed by atoms with Gasteiger partial charge in [0.05, 0.1) is 11.1 Å². The molecule has 0 saturated carbocycles. The van der Waals surface area contributed by atoms with Crippen LogP contribution in [-0.4, -0.2) is 28.8 Å². The molecule has 0 aliphatic carbocycles. The first-order chi connectivity index (χ1) is 12.3. The normalized spacial score (nSPS) is 10.7. The number of carbonyl (C=O) groups is 1. The van der Waals surface area contributed by atoms with Gasteiger partial charge in [-0.25, -0.2) is 5.43 Å². The fourth-order valence-electron chi connectivity index (χ4n) is 1.90. The Morgan fingerprint density at radius 2 is 2.19 bits per heavy atom. The Labute approximate surface area is 161 Å². The summed E-state index contributed by atoms with van der Waals surface area (Å²) in [5, 5.41) is 25.0. The number of hydrogen-bond donors (Lipinski definition) is 2. The Kier molecular flexibility index (Phi) is 6.53. The summed E-state index contributed by atoms with van der Waals surface area (Å²) >= 11 is 9.01. The van der Waals surface area contributed by atoms with E-state index < -0.39 is 22.3 Å². The summed E-state index contributed by atoms with van der Waals surface area (Å²) in [6.07, 6.45) is 1.09. The van der Waals surface area contributed by atoms with Gasteiger partial charge in [-0.15, -0.1) is 0 Å². The van der Waals surface area contributed by atoms with Gasteiger partial charge in [-0.1, -0.05) is 27.5 Å². The molecule has 10 heteroatoms. The second-order valence-corrected chi connectivity index (χ2v) is 6.44. The standard InChI is InChI=1S/C16H13BrClN3O5/c1-9-4-12(2-3-13(9)18)26-8-15(22)20-19-7-10-5-11(17)6-14(16(10)23)21(24)25/h2-7,23H,8H2,1H3,(H,20,22)/b19-7-. The first-order valence-electron chi connectivity index (χ1n) is 7.15. The van der Waals surface area contributed by atoms with E-state index in [4.69, 9.17) is 16.3 Å². The van der Waals surface area contributed by atoms with Crippen LogP contribution in [0, 0.1) is 17.0 Å². The number of phenols is 1. The molecule has 2 aromatic rings. The van der Waals surface area contributed by atoms with Gasteiger partial charge in [0.25, 0.3) is 5.91 Å². The van der Waals surface area contributed by atoms with Crippen LogP contribution >= 0.6 is 27.5 Å². The van der Waals surface area contributed by atoms with Crippen molar-refractivity contribution in [3.63, 3.8) is 0 Å². The smallest absolute Gasteiger partial charge is 0.312 e. The van der Waals surface area contributed by atoms with Crippen molar-refractivity contribution in [1.82, 2.24) is 5.43 Å². The number of hydrazone groups is 1. The van der Waals surface area contributed by atoms with Crippen LogP contribution in [0.1, 0.15) is 11.1 Å². The monoisotopic (exact) mass is 441 g/mol. The third-order valence-corrected chi connectivity index (χ3v) is 4.05. The number of aryl methyl sites for hydroxylation is 1. The third kappa shape index (κ3) is 5.17. The van der Waals surface area contributed by atoms with Crippen LogP contribution < -0.4 is 10.2 Å². The maximum atomic E-state index is 11.7. The summed E-state index contributed by atoms with van der Waals surface area (Å²) in [5.41, 5.74) is 2.61. The largest absolute Gasteiger partial charge is 0.502 e. The molecule has 0 aliphatic heterocycles. The SMILES string of the molecule is Cc1cc(OCC(=O)N/N=C\c2cc(Br)cc([N+](=O)[O-])c2O)ccc1Cl. The number of nitrogens with one attached hydrogen (secondary N) is 1. The van der Waals surface area contributed by atoms with Gasteiger partial charge in [0.1, 0.15) is 5.75 Å². The molecule has 2 aromatic carbocycles. The van der Waals surface area contributed by atoms with Crippen LogP contribution in [-0.2, 0) is 4.79 Å². The molecule has 0 aromatic heterocycles. The zero-order valence-corrected chi connectivity index (χ0v) is 15.7. The van der Waals surface area contributed by atoms with Crippen LogP contribution in [0.5, 0.6) is 11.5 Å². The van der Waals surface area contributed by atoms with Crippen molar-refractivity contribution in [3.05, 3.63) is 61.1 Å². The molecular weight excluding hydrogens is 430 g/mol. The van der Waals surface area contributed by atoms with Gasteiger partial charge in [-0.2, -0.15) is 5.10 Å². The second kappa shape index (κ2) is 8.63. The van der Waals surface area contributed by atoms with Gasteiger partial charge in [0, 0.05) is 21.1 Å². The summed E-state index contributed by atoms with van der Waals surface area (Å²) in [6, 6.07) is 7.56. The molecule has 0 heterocycles. The number of nitro benzene ring substituents is 1. The fourth-order valence-corrected chi connectivity index (χ4v) is 2.49. The first-order valence-corrected chi connectivity index (χ1v) is 8.32. The van der Waals surface area contributed by atoms with Crippen LogP contribution in [0.3, 0.4) is 0 Å². The topological polar surface area (TPSA) is 114 Å². The minimum Gasteiger partial charge on any atom is -0.502 e. The average molecular weight is 443 g/mol. The molecule has 0 spiro atoms. The van der Waals surface area contributed by atoms with E-state index in [0.29, 0.717) is 15.2 Å². The van der Waals surface area contributed by atoms with Crippen molar-refractivity contribution in [2.45, 2.75) is 6.92 Å². The van der Waals surface area contributed by atoms with Crippen molar-refractivity contribution in [3.8, 4) is 11.5 Å². The number of benzene rings is 2. The highest BCUT2D eigenvalue weighted by atomic mass is 79.9. The molecule has 136 valence electrons. The minimum absolute atomic E-state index is 0.0700. The third-order valence-electron chi connectivity index (χ3n) is 3.17. The van der Waals surface area contributed by atoms with Crippen LogP contribution in [0.4, 0.5) is 5.69 Å². The van der Waals surface area contributed by atoms with E-state index in [1.54, 1.807) is 18.2 Å². The summed E-state index contributed by atoms with van der Waals surface area (Å²) in [7, 11) is 0. The molecule has 0 unspecified atom stereocenters. The molecular formula is C16H13BrClN3O5. The van der Waals surface area contributed by atoms with E-state index in [0.717, 1.165) is 17.8 Å². The number of carbonyl (C=O) groups excluding carboxylic acids is 1. The average Bonchev–Trinajstić information content (AvgIpc) is 2.58. The lowest BCUT2D eigenvalue weighted by atomic mass is 10.2. The molecule has 0 fully saturated rings. The van der Waals surface area contributed by atoms with Gasteiger partial charge in [0.2, 0.25) is 5.75 Å². The van der Waals surface area contributed by atoms with Gasteiger partial charge >= 0.3 is 5.69 Å². The molecule has 8 nitrogen and oxygen atoms in total. The van der Waals surface area contributed by atoms with E-state index in [9.17, 15) is 20.0 Å². The number of amides is 1. The van der Waals surface area contributed by atoms with Crippen molar-refractivity contribution in [2.75, 3.05) is 6.61 Å². The molecule has 0 aliphatic rings. The number of phenolic OH excluding ortho intramolecular Hbond substituents is 1. The van der Waals surface area contributed by atoms with Crippen molar-refractivity contribution in [2.24, 2.45) is 5.10 Å². The maximum absolute atomic E-state index is 11.7. The maximum Gasteiger partial charge on any atom is 0.312 e. The molecule has 2 N–H and O–H groups in total. The Balaban J connectivity index is 1.96. The summed E-state index contributed by atoms with van der Waals surface area (Å²) in [6.45, 7) is 1.52. The van der Waals surface area contributed by atoms with Gasteiger partial charge in [-0.05, 0) is 36.8 Å². The first kappa shape index (κ1) is 19.7. The van der Waals surface area contributed by atoms with E-state index >= 15 is 0 Å². The lowest BCUT2D eigenvalue weighted by Gasteiger charge is -2.06. The number of rotatable bonds is 6. The number of nitro groups is 1. The van der Waals surface area contributed by atoms with Gasteiger partial charge < -0.3 is 9.84 Å². The Hall–Kier alpha value is -2.65. The second-order valence-electron chi connectivity index (χ2n) is 5.11. The molecule has 0 radical (unpaired) electrons. The van der Waals surface area contributed by atoms with Crippen molar-refractivity contribution < 1.29 is 19.6 Å². The highest BCUT2D eigenvalue weighted by molar-refractivity contribution is 9.10. The van der Waals surface area contributed by atoms with E-state index in [2.05, 4.69) is 26.5 Å². The van der Waals surface area contributed by atoms with Crippen LogP contribution in [0.2, 0.25) is 5.02 Å². The predicted octanol–water partition coefficient (Wildman–Crippen LogP) is 3.55. The van der Waals surface area contributed by atoms with E-state index in [-0.39, 0.29) is 12.2 Å². The van der Waals surface area contributed by atoms with Crippen molar-refractivity contribution in [1.29, 1.82) is 0 Å². The molecule has 2 rings (SSSR count). The summed E-state index contributed by atoms with van der Waals surface area (Å²) < 4.78 is 5.69. The number of aromatic hydroxyl groups is 1. The fraction of sp³-hybridized carbons (Fsp3) is 0.125. The minimum atomic E-state index is -0.724. The van der Waals surface area contributed by atoms with Crippen molar-refractivity contribution >= 4 is 45.3 Å². The Morgan fingerprint density at radius 1 is 1.46 bits per heavy atom. The molecule has 0 saturated heterocycles. The highest BCUT2D eigenvalue weighted by Crippen LogP contribution is 2.32.